The Morgan fingerprint density at radius 3 is 1.00 bits per heavy atom. The predicted octanol–water partition coefficient (Wildman–Crippen LogP) is -1.55. The zero-order chi connectivity index (χ0) is 4.50. The van der Waals surface area contributed by atoms with Crippen LogP contribution >= 0.6 is 7.82 Å². The molecule has 0 aliphatic carbocycles. The van der Waals surface area contributed by atoms with Crippen LogP contribution in [0, 0.1) is 0 Å². The van der Waals surface area contributed by atoms with Gasteiger partial charge in [0, 0.05) is 0 Å². The van der Waals surface area contributed by atoms with E-state index in [0.29, 0.717) is 0 Å². The van der Waals surface area contributed by atoms with Crippen LogP contribution in [-0.4, -0.2) is 37.7 Å². The van der Waals surface area contributed by atoms with Gasteiger partial charge in [-0.05, 0) is 0 Å². The first-order chi connectivity index (χ1) is 2.00. The summed E-state index contributed by atoms with van der Waals surface area (Å²) in [5.41, 5.74) is 0. The van der Waals surface area contributed by atoms with Gasteiger partial charge in [0.05, 0.1) is 0 Å². The molecule has 0 aromatic heterocycles. The molecular formula is H3MgO6PZn. The summed E-state index contributed by atoms with van der Waals surface area (Å²) in [5.74, 6) is 0. The predicted molar refractivity (Wildman–Crippen MR) is 21.4 cm³/mol. The maximum atomic E-state index is 8.88. The first-order valence-corrected chi connectivity index (χ1v) is 2.35. The first kappa shape index (κ1) is 31.5. The van der Waals surface area contributed by atoms with Gasteiger partial charge in [-0.15, -0.1) is 0 Å². The molecular weight excluding hydrogens is 217 g/mol. The van der Waals surface area contributed by atoms with Gasteiger partial charge in [0.15, 0.2) is 0 Å². The van der Waals surface area contributed by atoms with Crippen molar-refractivity contribution >= 4 is 30.9 Å². The summed E-state index contributed by atoms with van der Waals surface area (Å²) in [4.78, 5) is 21.6. The van der Waals surface area contributed by atoms with Crippen LogP contribution < -0.4 is 0 Å². The van der Waals surface area contributed by atoms with Gasteiger partial charge in [0.2, 0.25) is 0 Å². The molecule has 0 bridgehead atoms. The molecule has 0 spiro atoms. The second-order valence-corrected chi connectivity index (χ2v) is 1.54. The molecule has 0 saturated heterocycles. The van der Waals surface area contributed by atoms with E-state index in [1.54, 1.807) is 0 Å². The number of hydrogen-bond acceptors (Lipinski definition) is 1. The molecule has 0 amide bonds. The Kier molecular flexibility index (Phi) is 42.4. The van der Waals surface area contributed by atoms with Gasteiger partial charge in [-0.25, -0.2) is 4.57 Å². The Morgan fingerprint density at radius 1 is 1.00 bits per heavy atom. The summed E-state index contributed by atoms with van der Waals surface area (Å²) >= 11 is 0. The average Bonchev–Trinajstić information content (AvgIpc) is 0.722. The van der Waals surface area contributed by atoms with E-state index in [4.69, 9.17) is 19.2 Å². The quantitative estimate of drug-likeness (QED) is 0.336. The maximum Gasteiger partial charge on any atom is 2.00 e. The van der Waals surface area contributed by atoms with Crippen molar-refractivity contribution in [3.63, 3.8) is 0 Å². The van der Waals surface area contributed by atoms with Crippen molar-refractivity contribution in [2.24, 2.45) is 0 Å². The zero-order valence-corrected chi connectivity index (χ0v) is 9.70. The van der Waals surface area contributed by atoms with Crippen LogP contribution in [0.25, 0.3) is 0 Å². The summed E-state index contributed by atoms with van der Waals surface area (Å²) in [6, 6.07) is 0. The molecule has 0 aliphatic heterocycles. The fourth-order valence-electron chi connectivity index (χ4n) is 0. The van der Waals surface area contributed by atoms with Crippen LogP contribution in [0.3, 0.4) is 0 Å². The van der Waals surface area contributed by atoms with Crippen LogP contribution in [0.4, 0.5) is 0 Å². The largest absolute Gasteiger partial charge is 2.00 e. The van der Waals surface area contributed by atoms with E-state index < -0.39 is 7.82 Å². The molecule has 0 saturated carbocycles. The fraction of sp³-hybridized carbons (Fsp3) is 0. The van der Waals surface area contributed by atoms with E-state index in [9.17, 15) is 0 Å². The van der Waals surface area contributed by atoms with Crippen molar-refractivity contribution in [3.8, 4) is 0 Å². The molecule has 6 nitrogen and oxygen atoms in total. The van der Waals surface area contributed by atoms with Crippen molar-refractivity contribution in [1.82, 2.24) is 0 Å². The van der Waals surface area contributed by atoms with Gasteiger partial charge in [0.25, 0.3) is 0 Å². The van der Waals surface area contributed by atoms with Gasteiger partial charge < -0.3 is 25.6 Å². The molecule has 0 aliphatic rings. The molecule has 0 rings (SSSR count). The monoisotopic (exact) mass is 218 g/mol. The van der Waals surface area contributed by atoms with Crippen molar-refractivity contribution in [3.05, 3.63) is 0 Å². The third kappa shape index (κ3) is 257. The SMILES string of the molecule is O=P(O)(O)O.[Mg+2].[O-2].[O-2].[Zn+2]. The second-order valence-electron chi connectivity index (χ2n) is 0.513. The Balaban J connectivity index is -0.0000000133. The van der Waals surface area contributed by atoms with E-state index >= 15 is 0 Å². The van der Waals surface area contributed by atoms with Gasteiger partial charge in [-0.2, -0.15) is 0 Å². The van der Waals surface area contributed by atoms with Gasteiger partial charge in [0.1, 0.15) is 0 Å². The summed E-state index contributed by atoms with van der Waals surface area (Å²) in [5, 5.41) is 0. The standard InChI is InChI=1S/Mg.H3O4P.2O.Zn/c;1-5(2,3)4;;;/h;(H3,1,2,3,4);;;/q+2;;2*-2;+2. The third-order valence-electron chi connectivity index (χ3n) is 0. The van der Waals surface area contributed by atoms with E-state index in [0.717, 1.165) is 0 Å². The van der Waals surface area contributed by atoms with Crippen LogP contribution in [-0.2, 0) is 35.0 Å². The number of rotatable bonds is 0. The van der Waals surface area contributed by atoms with Crippen LogP contribution in [0.1, 0.15) is 0 Å². The van der Waals surface area contributed by atoms with Gasteiger partial charge >= 0.3 is 50.4 Å². The molecule has 0 aromatic rings. The van der Waals surface area contributed by atoms with Crippen molar-refractivity contribution in [1.29, 1.82) is 0 Å². The molecule has 48 valence electrons. The van der Waals surface area contributed by atoms with Crippen LogP contribution in [0.5, 0.6) is 0 Å². The Hall–Kier alpha value is 1.42. The molecule has 0 heterocycles. The minimum atomic E-state index is -4.64. The topological polar surface area (TPSA) is 135 Å². The van der Waals surface area contributed by atoms with Crippen molar-refractivity contribution in [2.45, 2.75) is 0 Å². The number of hydrogen-bond donors (Lipinski definition) is 3. The molecule has 3 N–H and O–H groups in total. The second kappa shape index (κ2) is 12.1. The molecule has 0 fully saturated rings. The van der Waals surface area contributed by atoms with Crippen molar-refractivity contribution in [2.75, 3.05) is 0 Å². The first-order valence-electron chi connectivity index (χ1n) is 0.783. The van der Waals surface area contributed by atoms with E-state index in [-0.39, 0.29) is 53.5 Å². The smallest absolute Gasteiger partial charge is 2.00 e. The minimum absolute atomic E-state index is 0. The summed E-state index contributed by atoms with van der Waals surface area (Å²) in [6.45, 7) is 0. The third-order valence-corrected chi connectivity index (χ3v) is 0. The Bertz CT molecular complexity index is 59.2. The summed E-state index contributed by atoms with van der Waals surface area (Å²) in [6.07, 6.45) is 0. The average molecular weight is 220 g/mol. The number of phosphoric acid groups is 1. The molecule has 0 aromatic carbocycles. The molecule has 9 heteroatoms. The van der Waals surface area contributed by atoms with E-state index in [2.05, 4.69) is 0 Å². The molecule has 0 unspecified atom stereocenters. The van der Waals surface area contributed by atoms with E-state index in [1.165, 1.54) is 0 Å². The van der Waals surface area contributed by atoms with Crippen molar-refractivity contribution < 1.29 is 49.7 Å². The summed E-state index contributed by atoms with van der Waals surface area (Å²) < 4.78 is 8.88. The Labute approximate surface area is 80.4 Å². The fourth-order valence-corrected chi connectivity index (χ4v) is 0. The maximum absolute atomic E-state index is 8.88. The molecule has 0 radical (unpaired) electrons. The van der Waals surface area contributed by atoms with Gasteiger partial charge in [-0.3, -0.25) is 0 Å². The summed E-state index contributed by atoms with van der Waals surface area (Å²) in [7, 11) is -4.64. The molecule has 9 heavy (non-hydrogen) atoms. The zero-order valence-electron chi connectivity index (χ0n) is 4.43. The van der Waals surface area contributed by atoms with Crippen LogP contribution in [0.15, 0.2) is 0 Å². The van der Waals surface area contributed by atoms with Gasteiger partial charge in [-0.1, -0.05) is 0 Å². The minimum Gasteiger partial charge on any atom is -2.00 e. The van der Waals surface area contributed by atoms with E-state index in [1.807, 2.05) is 0 Å². The Morgan fingerprint density at radius 2 is 1.00 bits per heavy atom. The van der Waals surface area contributed by atoms with Crippen LogP contribution in [0.2, 0.25) is 0 Å². The normalized spacial score (nSPS) is 6.56. The molecule has 0 atom stereocenters.